The molecular weight excluding hydrogens is 412 g/mol. The van der Waals surface area contributed by atoms with Crippen LogP contribution in [-0.2, 0) is 19.3 Å². The Bertz CT molecular complexity index is 576. The fraction of sp³-hybridized carbons (Fsp3) is 0.818. The van der Waals surface area contributed by atoms with Crippen LogP contribution in [-0.4, -0.2) is 5.11 Å². The van der Waals surface area contributed by atoms with E-state index in [1.54, 1.807) is 0 Å². The van der Waals surface area contributed by atoms with Crippen molar-refractivity contribution in [2.45, 2.75) is 175 Å². The average molecular weight is 473 g/mol. The largest absolute Gasteiger partial charge is 0.508 e. The molecule has 1 aromatic rings. The van der Waals surface area contributed by atoms with E-state index in [0.717, 1.165) is 6.42 Å². The first-order chi connectivity index (χ1) is 16.7. The lowest BCUT2D eigenvalue weighted by atomic mass is 9.89. The second kappa shape index (κ2) is 22.5. The van der Waals surface area contributed by atoms with Gasteiger partial charge >= 0.3 is 0 Å². The standard InChI is InChI=1S/C33H60O/c1-4-7-10-13-16-18-21-24-27-32-31(26-23-20-17-14-11-8-5-2)30(28-29-33(32)34)25-22-19-15-12-9-6-3/h28-29,34H,4-27H2,1-3H3. The monoisotopic (exact) mass is 472 g/mol. The molecule has 0 radical (unpaired) electrons. The molecule has 0 unspecified atom stereocenters. The zero-order valence-electron chi connectivity index (χ0n) is 23.6. The van der Waals surface area contributed by atoms with Crippen molar-refractivity contribution in [3.8, 4) is 5.75 Å². The molecule has 0 aromatic heterocycles. The molecule has 1 nitrogen and oxygen atoms in total. The summed E-state index contributed by atoms with van der Waals surface area (Å²) in [5.41, 5.74) is 4.35. The van der Waals surface area contributed by atoms with Gasteiger partial charge in [-0.25, -0.2) is 0 Å². The van der Waals surface area contributed by atoms with E-state index in [9.17, 15) is 5.11 Å². The summed E-state index contributed by atoms with van der Waals surface area (Å²) in [4.78, 5) is 0. The lowest BCUT2D eigenvalue weighted by molar-refractivity contribution is 0.463. The Hall–Kier alpha value is -0.980. The van der Waals surface area contributed by atoms with Crippen molar-refractivity contribution < 1.29 is 5.11 Å². The molecule has 0 aliphatic heterocycles. The summed E-state index contributed by atoms with van der Waals surface area (Å²) >= 11 is 0. The third-order valence-corrected chi connectivity index (χ3v) is 7.61. The molecule has 0 bridgehead atoms. The molecular formula is C33H60O. The normalized spacial score (nSPS) is 11.4. The smallest absolute Gasteiger partial charge is 0.119 e. The number of hydrogen-bond donors (Lipinski definition) is 1. The highest BCUT2D eigenvalue weighted by Gasteiger charge is 2.13. The molecule has 1 aromatic carbocycles. The molecule has 0 saturated carbocycles. The third-order valence-electron chi connectivity index (χ3n) is 7.61. The number of phenolic OH excluding ortho intramolecular Hbond substituents is 1. The SMILES string of the molecule is CCCCCCCCCCc1c(O)ccc(CCCCCCCC)c1CCCCCCCCC. The molecule has 34 heavy (non-hydrogen) atoms. The van der Waals surface area contributed by atoms with Crippen LogP contribution in [0.3, 0.4) is 0 Å². The zero-order chi connectivity index (χ0) is 24.7. The van der Waals surface area contributed by atoms with Gasteiger partial charge in [-0.15, -0.1) is 0 Å². The van der Waals surface area contributed by atoms with E-state index in [2.05, 4.69) is 26.8 Å². The van der Waals surface area contributed by atoms with Crippen LogP contribution < -0.4 is 0 Å². The van der Waals surface area contributed by atoms with Crippen molar-refractivity contribution in [3.05, 3.63) is 28.8 Å². The summed E-state index contributed by atoms with van der Waals surface area (Å²) < 4.78 is 0. The Morgan fingerprint density at radius 1 is 0.412 bits per heavy atom. The van der Waals surface area contributed by atoms with Crippen LogP contribution in [0.4, 0.5) is 0 Å². The highest BCUT2D eigenvalue weighted by Crippen LogP contribution is 2.30. The zero-order valence-corrected chi connectivity index (χ0v) is 23.6. The first-order valence-electron chi connectivity index (χ1n) is 15.6. The summed E-state index contributed by atoms with van der Waals surface area (Å²) in [6.07, 6.45) is 31.9. The molecule has 0 atom stereocenters. The molecule has 1 N–H and O–H groups in total. The van der Waals surface area contributed by atoms with Crippen LogP contribution in [0.1, 0.15) is 172 Å². The van der Waals surface area contributed by atoms with Crippen LogP contribution in [0.25, 0.3) is 0 Å². The quantitative estimate of drug-likeness (QED) is 0.148. The maximum atomic E-state index is 10.8. The van der Waals surface area contributed by atoms with Gasteiger partial charge in [-0.2, -0.15) is 0 Å². The fourth-order valence-electron chi connectivity index (χ4n) is 5.34. The van der Waals surface area contributed by atoms with Gasteiger partial charge in [-0.3, -0.25) is 0 Å². The van der Waals surface area contributed by atoms with Crippen LogP contribution in [0.2, 0.25) is 0 Å². The summed E-state index contributed by atoms with van der Waals surface area (Å²) in [5.74, 6) is 0.563. The van der Waals surface area contributed by atoms with Crippen LogP contribution in [0, 0.1) is 0 Å². The Balaban J connectivity index is 2.60. The van der Waals surface area contributed by atoms with Gasteiger partial charge in [-0.1, -0.05) is 142 Å². The Morgan fingerprint density at radius 2 is 0.765 bits per heavy atom. The first-order valence-corrected chi connectivity index (χ1v) is 15.6. The topological polar surface area (TPSA) is 20.2 Å². The number of phenols is 1. The number of aryl methyl sites for hydroxylation is 1. The molecule has 0 saturated heterocycles. The van der Waals surface area contributed by atoms with E-state index in [0.29, 0.717) is 5.75 Å². The fourth-order valence-corrected chi connectivity index (χ4v) is 5.34. The van der Waals surface area contributed by atoms with Crippen molar-refractivity contribution in [1.82, 2.24) is 0 Å². The lowest BCUT2D eigenvalue weighted by Gasteiger charge is -2.17. The minimum absolute atomic E-state index is 0.563. The van der Waals surface area contributed by atoms with Gasteiger partial charge in [0.15, 0.2) is 0 Å². The predicted octanol–water partition coefficient (Wildman–Crippen LogP) is 11.3. The van der Waals surface area contributed by atoms with Gasteiger partial charge in [0, 0.05) is 0 Å². The minimum Gasteiger partial charge on any atom is -0.508 e. The summed E-state index contributed by atoms with van der Waals surface area (Å²) in [6.45, 7) is 6.87. The van der Waals surface area contributed by atoms with Crippen molar-refractivity contribution in [1.29, 1.82) is 0 Å². The Kier molecular flexibility index (Phi) is 20.5. The molecule has 198 valence electrons. The molecule has 0 fully saturated rings. The van der Waals surface area contributed by atoms with Crippen LogP contribution >= 0.6 is 0 Å². The number of benzene rings is 1. The van der Waals surface area contributed by atoms with Crippen LogP contribution in [0.5, 0.6) is 5.75 Å². The summed E-state index contributed by atoms with van der Waals surface area (Å²) in [5, 5.41) is 10.8. The minimum atomic E-state index is 0.563. The summed E-state index contributed by atoms with van der Waals surface area (Å²) in [7, 11) is 0. The highest BCUT2D eigenvalue weighted by atomic mass is 16.3. The first kappa shape index (κ1) is 31.1. The third kappa shape index (κ3) is 15.1. The van der Waals surface area contributed by atoms with Crippen molar-refractivity contribution in [2.24, 2.45) is 0 Å². The van der Waals surface area contributed by atoms with Crippen molar-refractivity contribution in [2.75, 3.05) is 0 Å². The molecule has 1 rings (SSSR count). The van der Waals surface area contributed by atoms with E-state index < -0.39 is 0 Å². The van der Waals surface area contributed by atoms with E-state index in [4.69, 9.17) is 0 Å². The van der Waals surface area contributed by atoms with Gasteiger partial charge in [0.25, 0.3) is 0 Å². The van der Waals surface area contributed by atoms with Crippen molar-refractivity contribution in [3.63, 3.8) is 0 Å². The molecule has 0 aliphatic rings. The van der Waals surface area contributed by atoms with E-state index in [1.807, 2.05) is 6.07 Å². The molecule has 0 amide bonds. The molecule has 0 heterocycles. The Labute approximate surface area is 214 Å². The lowest BCUT2D eigenvalue weighted by Crippen LogP contribution is -2.03. The van der Waals surface area contributed by atoms with Crippen molar-refractivity contribution >= 4 is 0 Å². The molecule has 1 heteroatoms. The van der Waals surface area contributed by atoms with Gasteiger partial charge in [0.1, 0.15) is 5.75 Å². The van der Waals surface area contributed by atoms with Gasteiger partial charge in [0.05, 0.1) is 0 Å². The number of hydrogen-bond acceptors (Lipinski definition) is 1. The maximum Gasteiger partial charge on any atom is 0.119 e. The van der Waals surface area contributed by atoms with E-state index in [1.165, 1.54) is 164 Å². The number of unbranched alkanes of at least 4 members (excludes halogenated alkanes) is 18. The second-order valence-electron chi connectivity index (χ2n) is 10.8. The van der Waals surface area contributed by atoms with Gasteiger partial charge in [-0.05, 0) is 61.3 Å². The van der Waals surface area contributed by atoms with Crippen LogP contribution in [0.15, 0.2) is 12.1 Å². The summed E-state index contributed by atoms with van der Waals surface area (Å²) in [6, 6.07) is 4.25. The maximum absolute atomic E-state index is 10.8. The Morgan fingerprint density at radius 3 is 1.21 bits per heavy atom. The van der Waals surface area contributed by atoms with Gasteiger partial charge in [0.2, 0.25) is 0 Å². The average Bonchev–Trinajstić information content (AvgIpc) is 2.84. The predicted molar refractivity (Wildman–Crippen MR) is 153 cm³/mol. The molecule has 0 spiro atoms. The van der Waals surface area contributed by atoms with Gasteiger partial charge < -0.3 is 5.11 Å². The highest BCUT2D eigenvalue weighted by molar-refractivity contribution is 5.45. The second-order valence-corrected chi connectivity index (χ2v) is 10.8. The number of rotatable bonds is 24. The molecule has 0 aliphatic carbocycles. The van der Waals surface area contributed by atoms with E-state index in [-0.39, 0.29) is 0 Å². The van der Waals surface area contributed by atoms with E-state index >= 15 is 0 Å². The number of aromatic hydroxyl groups is 1.